The summed E-state index contributed by atoms with van der Waals surface area (Å²) >= 11 is 12.6. The molecule has 0 radical (unpaired) electrons. The molecule has 75 heavy (non-hydrogen) atoms. The lowest BCUT2D eigenvalue weighted by Gasteiger charge is -2.21. The van der Waals surface area contributed by atoms with E-state index in [0.717, 1.165) is 59.7 Å². The molecular weight excluding hydrogens is 1030 g/mol. The molecule has 17 nitrogen and oxygen atoms in total. The van der Waals surface area contributed by atoms with Gasteiger partial charge in [0.25, 0.3) is 10.1 Å². The van der Waals surface area contributed by atoms with Crippen LogP contribution in [0.2, 0.25) is 10.3 Å². The monoisotopic (exact) mass is 1080 g/mol. The van der Waals surface area contributed by atoms with Crippen LogP contribution in [0.15, 0.2) is 109 Å². The van der Waals surface area contributed by atoms with E-state index in [1.807, 2.05) is 66.3 Å². The lowest BCUT2D eigenvalue weighted by atomic mass is 10.1. The van der Waals surface area contributed by atoms with Crippen molar-refractivity contribution in [2.24, 2.45) is 11.8 Å². The van der Waals surface area contributed by atoms with E-state index in [1.54, 1.807) is 48.8 Å². The molecule has 3 atom stereocenters. The first-order chi connectivity index (χ1) is 36.1. The molecule has 10 rings (SSSR count). The SMILES string of the molecule is COc1ccc(CO[C@H](C)c2cc(F)ccc2-n2nc(Cl)cc2C(OS(C)(=O)=O)c2cn(CC3CC3)nn2)cc1.COc1ccc(CO[C@H](C)c2cc(F)ccc2-n2nc(Cl)cc2Cc2cn(CC3CC3)nn2)cc1. The van der Waals surface area contributed by atoms with Gasteiger partial charge in [-0.1, -0.05) is 57.9 Å². The first-order valence-electron chi connectivity index (χ1n) is 24.3. The predicted octanol–water partition coefficient (Wildman–Crippen LogP) is 10.6. The Morgan fingerprint density at radius 3 is 1.67 bits per heavy atom. The number of nitrogens with zero attached hydrogens (tertiary/aromatic N) is 10. The highest BCUT2D eigenvalue weighted by atomic mass is 35.5. The molecule has 0 saturated heterocycles. The fourth-order valence-electron chi connectivity index (χ4n) is 8.39. The lowest BCUT2D eigenvalue weighted by Crippen LogP contribution is -2.17. The first kappa shape index (κ1) is 53.3. The number of hydrogen-bond acceptors (Lipinski definition) is 13. The second-order valence-electron chi connectivity index (χ2n) is 18.7. The van der Waals surface area contributed by atoms with Gasteiger partial charge in [-0.25, -0.2) is 18.1 Å². The van der Waals surface area contributed by atoms with Crippen molar-refractivity contribution in [3.8, 4) is 22.9 Å². The Morgan fingerprint density at radius 2 is 1.15 bits per heavy atom. The zero-order valence-electron chi connectivity index (χ0n) is 41.9. The fourth-order valence-corrected chi connectivity index (χ4v) is 9.33. The van der Waals surface area contributed by atoms with Crippen molar-refractivity contribution in [1.82, 2.24) is 49.5 Å². The van der Waals surface area contributed by atoms with E-state index in [2.05, 4.69) is 30.8 Å². The van der Waals surface area contributed by atoms with E-state index in [-0.39, 0.29) is 29.0 Å². The number of hydrogen-bond donors (Lipinski definition) is 0. The maximum Gasteiger partial charge on any atom is 0.265 e. The summed E-state index contributed by atoms with van der Waals surface area (Å²) in [6, 6.07) is 27.2. The Balaban J connectivity index is 0.000000185. The highest BCUT2D eigenvalue weighted by molar-refractivity contribution is 7.86. The molecule has 0 N–H and O–H groups in total. The van der Waals surface area contributed by atoms with Gasteiger partial charge in [0.05, 0.1) is 80.6 Å². The standard InChI is InChI=1S/C27H29ClFN5O5S.C26H27ClFN5O2/c1-17(38-16-19-6-9-21(37-2)10-7-19)22-12-20(29)8-11-24(22)34-25(13-26(28)31-34)27(39-40(3,35)36)23-15-33(32-30-23)14-18-4-5-18;1-17(35-16-19-5-8-23(34-2)9-6-19)24-11-20(28)7-10-25(24)33-22(13-26(27)30-33)12-21-15-32(31-29-21)14-18-3-4-18/h6-13,15,17-18,27H,4-5,14,16H2,1-3H3;5-11,13,15,17-18H,3-4,12,14,16H2,1-2H3/t17-,27?;17-/m11/s1. The third-order valence-electron chi connectivity index (χ3n) is 12.7. The topological polar surface area (TPSA) is 177 Å². The largest absolute Gasteiger partial charge is 0.497 e. The van der Waals surface area contributed by atoms with Gasteiger partial charge in [-0.05, 0) is 129 Å². The minimum absolute atomic E-state index is 0.0875. The van der Waals surface area contributed by atoms with E-state index in [0.29, 0.717) is 59.1 Å². The van der Waals surface area contributed by atoms with Gasteiger partial charge in [0.1, 0.15) is 28.8 Å². The quantitative estimate of drug-likeness (QED) is 0.0586. The summed E-state index contributed by atoms with van der Waals surface area (Å²) < 4.78 is 88.2. The van der Waals surface area contributed by atoms with Crippen molar-refractivity contribution in [3.05, 3.63) is 176 Å². The number of ether oxygens (including phenoxy) is 4. The molecule has 0 spiro atoms. The van der Waals surface area contributed by atoms with Gasteiger partial charge in [-0.3, -0.25) is 13.5 Å². The molecule has 4 heterocycles. The van der Waals surface area contributed by atoms with Crippen LogP contribution in [-0.2, 0) is 56.5 Å². The minimum atomic E-state index is -3.94. The van der Waals surface area contributed by atoms with Crippen LogP contribution < -0.4 is 9.47 Å². The van der Waals surface area contributed by atoms with Gasteiger partial charge in [-0.15, -0.1) is 10.2 Å². The van der Waals surface area contributed by atoms with Crippen molar-refractivity contribution in [3.63, 3.8) is 0 Å². The summed E-state index contributed by atoms with van der Waals surface area (Å²) in [6.07, 6.45) is 7.66. The van der Waals surface area contributed by atoms with Gasteiger partial charge in [0.15, 0.2) is 16.4 Å². The van der Waals surface area contributed by atoms with Crippen LogP contribution in [0.5, 0.6) is 11.5 Å². The van der Waals surface area contributed by atoms with Crippen molar-refractivity contribution in [1.29, 1.82) is 0 Å². The van der Waals surface area contributed by atoms with Crippen LogP contribution >= 0.6 is 23.2 Å². The van der Waals surface area contributed by atoms with Crippen molar-refractivity contribution >= 4 is 33.3 Å². The van der Waals surface area contributed by atoms with Crippen LogP contribution in [-0.4, -0.2) is 78.4 Å². The summed E-state index contributed by atoms with van der Waals surface area (Å²) in [5, 5.41) is 26.2. The smallest absolute Gasteiger partial charge is 0.265 e. The molecule has 0 amide bonds. The zero-order valence-corrected chi connectivity index (χ0v) is 44.2. The average molecular weight is 1090 g/mol. The summed E-state index contributed by atoms with van der Waals surface area (Å²) in [6.45, 7) is 5.91. The second-order valence-corrected chi connectivity index (χ2v) is 21.1. The normalized spacial score (nSPS) is 14.8. The molecule has 1 unspecified atom stereocenters. The first-order valence-corrected chi connectivity index (χ1v) is 26.9. The van der Waals surface area contributed by atoms with E-state index in [4.69, 9.17) is 46.3 Å². The minimum Gasteiger partial charge on any atom is -0.497 e. The van der Waals surface area contributed by atoms with Crippen LogP contribution in [0, 0.1) is 23.5 Å². The fraction of sp³-hybridized carbons (Fsp3) is 0.358. The Labute approximate surface area is 443 Å². The Morgan fingerprint density at radius 1 is 0.653 bits per heavy atom. The van der Waals surface area contributed by atoms with E-state index < -0.39 is 34.2 Å². The van der Waals surface area contributed by atoms with Crippen molar-refractivity contribution in [2.45, 2.75) is 90.6 Å². The highest BCUT2D eigenvalue weighted by Gasteiger charge is 2.31. The maximum absolute atomic E-state index is 14.5. The lowest BCUT2D eigenvalue weighted by molar-refractivity contribution is 0.0521. The summed E-state index contributed by atoms with van der Waals surface area (Å²) in [7, 11) is -0.719. The third kappa shape index (κ3) is 14.2. The van der Waals surface area contributed by atoms with Gasteiger partial charge < -0.3 is 18.9 Å². The van der Waals surface area contributed by atoms with E-state index >= 15 is 0 Å². The van der Waals surface area contributed by atoms with Crippen LogP contribution in [0.4, 0.5) is 8.78 Å². The summed E-state index contributed by atoms with van der Waals surface area (Å²) in [5.41, 5.74) is 6.43. The molecule has 2 saturated carbocycles. The van der Waals surface area contributed by atoms with Gasteiger partial charge in [0.2, 0.25) is 0 Å². The Hall–Kier alpha value is -6.55. The van der Waals surface area contributed by atoms with E-state index in [1.165, 1.54) is 53.9 Å². The van der Waals surface area contributed by atoms with Gasteiger partial charge in [-0.2, -0.15) is 18.6 Å². The molecule has 8 aromatic rings. The molecule has 394 valence electrons. The summed E-state index contributed by atoms with van der Waals surface area (Å²) in [5.74, 6) is 1.95. The highest BCUT2D eigenvalue weighted by Crippen LogP contribution is 2.36. The Bertz CT molecular complexity index is 3330. The molecule has 22 heteroatoms. The number of aromatic nitrogens is 10. The van der Waals surface area contributed by atoms with Gasteiger partial charge >= 0.3 is 0 Å². The molecule has 2 aliphatic carbocycles. The number of halogens is 4. The maximum atomic E-state index is 14.5. The van der Waals surface area contributed by atoms with Crippen LogP contribution in [0.25, 0.3) is 11.4 Å². The summed E-state index contributed by atoms with van der Waals surface area (Å²) in [4.78, 5) is 0. The van der Waals surface area contributed by atoms with Crippen LogP contribution in [0.1, 0.15) is 103 Å². The molecule has 4 aromatic heterocycles. The van der Waals surface area contributed by atoms with Crippen LogP contribution in [0.3, 0.4) is 0 Å². The molecule has 2 aliphatic rings. The van der Waals surface area contributed by atoms with Crippen molar-refractivity contribution in [2.75, 3.05) is 20.5 Å². The second kappa shape index (κ2) is 23.6. The number of rotatable bonds is 22. The van der Waals surface area contributed by atoms with E-state index in [9.17, 15) is 17.2 Å². The molecule has 0 bridgehead atoms. The predicted molar refractivity (Wildman–Crippen MR) is 276 cm³/mol. The third-order valence-corrected chi connectivity index (χ3v) is 13.6. The molecule has 2 fully saturated rings. The van der Waals surface area contributed by atoms with Crippen molar-refractivity contribution < 1.29 is 40.3 Å². The zero-order chi connectivity index (χ0) is 52.8. The molecule has 0 aliphatic heterocycles. The molecular formula is C53H56Cl2F2N10O7S. The Kier molecular flexibility index (Phi) is 16.7. The molecule has 4 aromatic carbocycles. The van der Waals surface area contributed by atoms with Gasteiger partial charge in [0, 0.05) is 42.9 Å². The number of methoxy groups -OCH3 is 2. The number of benzene rings is 4. The average Bonchev–Trinajstić information content (AvgIpc) is 4.19.